The number of esters is 1. The standard InChI is InChI=1S/C14H20O3/c1-11(14(16)17-2)13-8-6-12(7-9-13)5-3-4-10-15/h6-9,11,15H,3-5,10H2,1-2H3. The predicted molar refractivity (Wildman–Crippen MR) is 66.9 cm³/mol. The van der Waals surface area contributed by atoms with E-state index in [4.69, 9.17) is 9.84 Å². The molecule has 3 heteroatoms. The van der Waals surface area contributed by atoms with E-state index in [-0.39, 0.29) is 18.5 Å². The van der Waals surface area contributed by atoms with Crippen LogP contribution in [0, 0.1) is 0 Å². The minimum absolute atomic E-state index is 0.210. The third-order valence-corrected chi connectivity index (χ3v) is 2.91. The van der Waals surface area contributed by atoms with E-state index in [9.17, 15) is 4.79 Å². The number of aliphatic hydroxyl groups is 1. The molecule has 94 valence electrons. The van der Waals surface area contributed by atoms with E-state index >= 15 is 0 Å². The van der Waals surface area contributed by atoms with Crippen LogP contribution in [0.3, 0.4) is 0 Å². The van der Waals surface area contributed by atoms with Gasteiger partial charge in [0.25, 0.3) is 0 Å². The molecule has 0 heterocycles. The lowest BCUT2D eigenvalue weighted by Gasteiger charge is -2.10. The second-order valence-electron chi connectivity index (χ2n) is 4.17. The highest BCUT2D eigenvalue weighted by Crippen LogP contribution is 2.17. The van der Waals surface area contributed by atoms with Crippen LogP contribution in [0.2, 0.25) is 0 Å². The van der Waals surface area contributed by atoms with Crippen LogP contribution in [0.4, 0.5) is 0 Å². The van der Waals surface area contributed by atoms with Gasteiger partial charge < -0.3 is 9.84 Å². The Kier molecular flexibility index (Phi) is 5.70. The lowest BCUT2D eigenvalue weighted by atomic mass is 9.98. The van der Waals surface area contributed by atoms with Gasteiger partial charge in [-0.25, -0.2) is 0 Å². The number of benzene rings is 1. The number of carbonyl (C=O) groups is 1. The van der Waals surface area contributed by atoms with Gasteiger partial charge >= 0.3 is 5.97 Å². The molecular formula is C14H20O3. The molecule has 0 aliphatic heterocycles. The van der Waals surface area contributed by atoms with Crippen molar-refractivity contribution in [3.63, 3.8) is 0 Å². The highest BCUT2D eigenvalue weighted by Gasteiger charge is 2.14. The molecule has 0 aromatic heterocycles. The second-order valence-corrected chi connectivity index (χ2v) is 4.17. The maximum absolute atomic E-state index is 11.4. The maximum Gasteiger partial charge on any atom is 0.312 e. The van der Waals surface area contributed by atoms with Gasteiger partial charge in [0.1, 0.15) is 0 Å². The fourth-order valence-electron chi connectivity index (χ4n) is 1.73. The number of aryl methyl sites for hydroxylation is 1. The first kappa shape index (κ1) is 13.7. The normalized spacial score (nSPS) is 12.2. The molecule has 1 aromatic rings. The third-order valence-electron chi connectivity index (χ3n) is 2.91. The Hall–Kier alpha value is -1.35. The topological polar surface area (TPSA) is 46.5 Å². The van der Waals surface area contributed by atoms with Gasteiger partial charge in [0, 0.05) is 6.61 Å². The Morgan fingerprint density at radius 3 is 2.47 bits per heavy atom. The molecule has 1 unspecified atom stereocenters. The Balaban J connectivity index is 2.58. The monoisotopic (exact) mass is 236 g/mol. The molecule has 1 aromatic carbocycles. The summed E-state index contributed by atoms with van der Waals surface area (Å²) in [5.41, 5.74) is 2.21. The lowest BCUT2D eigenvalue weighted by molar-refractivity contribution is -0.141. The van der Waals surface area contributed by atoms with Crippen LogP contribution in [0.5, 0.6) is 0 Å². The van der Waals surface area contributed by atoms with Gasteiger partial charge in [-0.15, -0.1) is 0 Å². The van der Waals surface area contributed by atoms with Gasteiger partial charge in [-0.2, -0.15) is 0 Å². The van der Waals surface area contributed by atoms with Crippen molar-refractivity contribution in [2.45, 2.75) is 32.1 Å². The van der Waals surface area contributed by atoms with E-state index in [2.05, 4.69) is 0 Å². The van der Waals surface area contributed by atoms with Crippen molar-refractivity contribution in [1.29, 1.82) is 0 Å². The minimum Gasteiger partial charge on any atom is -0.469 e. The largest absolute Gasteiger partial charge is 0.469 e. The number of hydrogen-bond acceptors (Lipinski definition) is 3. The Morgan fingerprint density at radius 2 is 1.94 bits per heavy atom. The fraction of sp³-hybridized carbons (Fsp3) is 0.500. The number of carbonyl (C=O) groups excluding carboxylic acids is 1. The zero-order valence-electron chi connectivity index (χ0n) is 10.5. The van der Waals surface area contributed by atoms with Crippen LogP contribution in [0.1, 0.15) is 36.8 Å². The summed E-state index contributed by atoms with van der Waals surface area (Å²) in [5.74, 6) is -0.426. The molecule has 0 amide bonds. The average Bonchev–Trinajstić information content (AvgIpc) is 2.38. The van der Waals surface area contributed by atoms with E-state index in [1.807, 2.05) is 31.2 Å². The zero-order valence-corrected chi connectivity index (χ0v) is 10.5. The van der Waals surface area contributed by atoms with Crippen molar-refractivity contribution in [3.8, 4) is 0 Å². The van der Waals surface area contributed by atoms with Crippen LogP contribution in [-0.2, 0) is 16.0 Å². The summed E-state index contributed by atoms with van der Waals surface area (Å²) >= 11 is 0. The number of ether oxygens (including phenoxy) is 1. The fourth-order valence-corrected chi connectivity index (χ4v) is 1.73. The Morgan fingerprint density at radius 1 is 1.29 bits per heavy atom. The van der Waals surface area contributed by atoms with Gasteiger partial charge in [-0.3, -0.25) is 4.79 Å². The van der Waals surface area contributed by atoms with Gasteiger partial charge in [0.05, 0.1) is 13.0 Å². The van der Waals surface area contributed by atoms with E-state index in [1.54, 1.807) is 0 Å². The number of aliphatic hydroxyl groups excluding tert-OH is 1. The van der Waals surface area contributed by atoms with Crippen molar-refractivity contribution in [2.75, 3.05) is 13.7 Å². The quantitative estimate of drug-likeness (QED) is 0.609. The molecule has 0 aliphatic rings. The first-order chi connectivity index (χ1) is 8.19. The van der Waals surface area contributed by atoms with E-state index in [0.29, 0.717) is 0 Å². The smallest absolute Gasteiger partial charge is 0.312 e. The molecule has 0 saturated carbocycles. The molecule has 3 nitrogen and oxygen atoms in total. The summed E-state index contributed by atoms with van der Waals surface area (Å²) in [6.45, 7) is 2.09. The maximum atomic E-state index is 11.4. The summed E-state index contributed by atoms with van der Waals surface area (Å²) in [6, 6.07) is 8.00. The van der Waals surface area contributed by atoms with Crippen molar-refractivity contribution >= 4 is 5.97 Å². The summed E-state index contributed by atoms with van der Waals surface area (Å²) in [5, 5.41) is 8.70. The van der Waals surface area contributed by atoms with E-state index in [0.717, 1.165) is 24.8 Å². The lowest BCUT2D eigenvalue weighted by Crippen LogP contribution is -2.10. The predicted octanol–water partition coefficient (Wildman–Crippen LogP) is 2.28. The summed E-state index contributed by atoms with van der Waals surface area (Å²) in [7, 11) is 1.40. The molecule has 1 N–H and O–H groups in total. The SMILES string of the molecule is COC(=O)C(C)c1ccc(CCCCO)cc1. The van der Waals surface area contributed by atoms with Crippen molar-refractivity contribution in [2.24, 2.45) is 0 Å². The average molecular weight is 236 g/mol. The Labute approximate surface area is 102 Å². The van der Waals surface area contributed by atoms with Gasteiger partial charge in [0.2, 0.25) is 0 Å². The van der Waals surface area contributed by atoms with Crippen LogP contribution in [0.15, 0.2) is 24.3 Å². The van der Waals surface area contributed by atoms with E-state index in [1.165, 1.54) is 12.7 Å². The summed E-state index contributed by atoms with van der Waals surface area (Å²) in [4.78, 5) is 11.4. The molecule has 1 rings (SSSR count). The summed E-state index contributed by atoms with van der Waals surface area (Å²) in [6.07, 6.45) is 2.79. The molecule has 17 heavy (non-hydrogen) atoms. The van der Waals surface area contributed by atoms with Crippen molar-refractivity contribution in [1.82, 2.24) is 0 Å². The van der Waals surface area contributed by atoms with E-state index < -0.39 is 0 Å². The number of hydrogen-bond donors (Lipinski definition) is 1. The van der Waals surface area contributed by atoms with Crippen molar-refractivity contribution < 1.29 is 14.6 Å². The summed E-state index contributed by atoms with van der Waals surface area (Å²) < 4.78 is 4.71. The zero-order chi connectivity index (χ0) is 12.7. The molecule has 0 bridgehead atoms. The van der Waals surface area contributed by atoms with Gasteiger partial charge in [0.15, 0.2) is 0 Å². The second kappa shape index (κ2) is 7.07. The van der Waals surface area contributed by atoms with Crippen molar-refractivity contribution in [3.05, 3.63) is 35.4 Å². The highest BCUT2D eigenvalue weighted by atomic mass is 16.5. The first-order valence-electron chi connectivity index (χ1n) is 5.96. The molecule has 1 atom stereocenters. The number of unbranched alkanes of at least 4 members (excludes halogenated alkanes) is 1. The Bertz CT molecular complexity index is 343. The molecule has 0 fully saturated rings. The molecular weight excluding hydrogens is 216 g/mol. The minimum atomic E-state index is -0.216. The van der Waals surface area contributed by atoms with Crippen LogP contribution in [0.25, 0.3) is 0 Å². The van der Waals surface area contributed by atoms with Gasteiger partial charge in [-0.05, 0) is 37.3 Å². The molecule has 0 aliphatic carbocycles. The highest BCUT2D eigenvalue weighted by molar-refractivity contribution is 5.77. The van der Waals surface area contributed by atoms with Gasteiger partial charge in [-0.1, -0.05) is 24.3 Å². The molecule has 0 saturated heterocycles. The van der Waals surface area contributed by atoms with Crippen LogP contribution >= 0.6 is 0 Å². The molecule has 0 radical (unpaired) electrons. The van der Waals surface area contributed by atoms with Crippen LogP contribution in [-0.4, -0.2) is 24.8 Å². The molecule has 0 spiro atoms. The third kappa shape index (κ3) is 4.19. The first-order valence-corrected chi connectivity index (χ1v) is 5.96. The number of methoxy groups -OCH3 is 1. The number of rotatable bonds is 6. The van der Waals surface area contributed by atoms with Crippen LogP contribution < -0.4 is 0 Å².